The number of rotatable bonds is 17. The standard InChI is InChI=1S/C18H17ClFNO2.2C17H16ClFN2O2.C10H9Cl2FO.C9H9BrO2.C9H7ClFNO.C9H9ClFN.C6H5ClFN.C3H4Cl2O.Al.3ClH/c1-23-18(22)13-6-4-12(5-7-13)11-21-8-2-3-14-9-15(19)16(20)10-17(14)21;2*18-14-8-13-2-1-7-21(16(13)9-15(14)19)10-11-3-5-12(6-4-11)17(22)20-23;11-4-3-8(14)5-7-1-2-9(12)10(13)6-7;1-12-9(11)8-4-2-7(6-10)3-5-8;10-6-3-5-1-2-9(13)12-8(5)4-7(6)11;10-7-4-6-2-1-3-12-9(6)5-8(7)11;7-5-2-1-4(9)3-6(5)8;4-2-1-3(5)6;;;;/h4-7,9-10H,2-3,8,11H2,1H3;2*3-6,8-9,23H,1-2,7,10H2,(H,20,22);1-2,6H,3-5H2;2-5H,6H2,1H3;3-4H,1-2H2,(H,12,13);4-5,12H,1-3H2;1-3H,9H2;1-2H2;;3*1H/q;;;;;;;;;+3;;;/p-3. The third-order valence-electron chi connectivity index (χ3n) is 20.8. The van der Waals surface area contributed by atoms with Crippen LogP contribution in [-0.4, -0.2) is 115 Å². The number of carbonyl (C=O) groups excluding carboxylic acids is 7. The second-order valence-electron chi connectivity index (χ2n) is 30.6. The number of fused-ring (bicyclic) bond motifs is 5. The minimum absolute atomic E-state index is 0.00159. The summed E-state index contributed by atoms with van der Waals surface area (Å²) >= 11 is 56.6. The molecular weight excluding hydrogens is 2170 g/mol. The number of carbonyl (C=O) groups is 7. The molecule has 0 spiro atoms. The average Bonchev–Trinajstić information content (AvgIpc) is 0.808. The third-order valence-corrected chi connectivity index (χ3v) is 24.1. The van der Waals surface area contributed by atoms with Crippen LogP contribution in [0.1, 0.15) is 142 Å². The van der Waals surface area contributed by atoms with Gasteiger partial charge in [-0.15, -0.1) is 23.2 Å². The van der Waals surface area contributed by atoms with Crippen LogP contribution >= 0.6 is 162 Å². The highest BCUT2D eigenvalue weighted by Crippen LogP contribution is 2.38. The number of hydrogen-bond acceptors (Lipinski definition) is 16. The van der Waals surface area contributed by atoms with Gasteiger partial charge < -0.3 is 40.5 Å². The predicted octanol–water partition coefficient (Wildman–Crippen LogP) is 27.2. The highest BCUT2D eigenvalue weighted by molar-refractivity contribution is 9.08. The first-order chi connectivity index (χ1) is 66.3. The molecule has 0 fully saturated rings. The highest BCUT2D eigenvalue weighted by Gasteiger charge is 2.25. The van der Waals surface area contributed by atoms with Crippen molar-refractivity contribution in [2.75, 3.05) is 83.2 Å². The smallest absolute Gasteiger partial charge is 0.465 e. The Morgan fingerprint density at radius 1 is 0.417 bits per heavy atom. The molecule has 0 saturated heterocycles. The lowest BCUT2D eigenvalue weighted by Gasteiger charge is -2.31. The average molecular weight is 2260 g/mol. The maximum atomic E-state index is 13.8. The Bertz CT molecular complexity index is 5660. The van der Waals surface area contributed by atoms with Gasteiger partial charge in [-0.1, -0.05) is 152 Å². The SMILES string of the molecule is COC(=O)c1ccc(CBr)cc1.COC(=O)c1ccc(CN2CCCc3cc(Cl)c(F)cc32)cc1.Fc1cc2c(cc1Cl)CCCN2.Nc1ccc(Cl)c(F)c1.O=C(CCCl)Cc1ccc(Cl)c(F)c1.O=C(Cl)CCCl.O=C(NO)c1ccc(CN2CCCc3cc(Cl)c(F)cc32)cc1.O=C(NO)c1ccc(CN2CCCc3cc(Cl)c(F)cc32)cc1.O=C1CCc2cc(Cl)c(F)cc2N1.[Cl][Al]([Cl])[Cl]. The zero-order valence-electron chi connectivity index (χ0n) is 74.2. The molecule has 11 aromatic rings. The second kappa shape index (κ2) is 60.7. The van der Waals surface area contributed by atoms with Crippen LogP contribution in [0.15, 0.2) is 194 Å². The van der Waals surface area contributed by atoms with Gasteiger partial charge in [0.25, 0.3) is 11.8 Å². The summed E-state index contributed by atoms with van der Waals surface area (Å²) in [5, 5.41) is 24.4. The van der Waals surface area contributed by atoms with Gasteiger partial charge in [0.2, 0.25) is 11.1 Å². The number of ether oxygens (including phenoxy) is 2. The van der Waals surface area contributed by atoms with E-state index in [0.29, 0.717) is 89.8 Å². The Hall–Kier alpha value is -8.68. The summed E-state index contributed by atoms with van der Waals surface area (Å²) in [6, 6.07) is 52.6. The van der Waals surface area contributed by atoms with Crippen molar-refractivity contribution in [3.63, 3.8) is 0 Å². The molecule has 16 rings (SSSR count). The lowest BCUT2D eigenvalue weighted by atomic mass is 10.0. The number of alkyl halides is 3. The Kier molecular flexibility index (Phi) is 51.2. The molecule has 3 amide bonds. The van der Waals surface area contributed by atoms with Gasteiger partial charge in [0, 0.05) is 134 Å². The minimum Gasteiger partial charge on any atom is -0.465 e. The Morgan fingerprint density at radius 2 is 0.748 bits per heavy atom. The minimum atomic E-state index is -1.72. The number of benzene rings is 11. The molecule has 5 aliphatic rings. The van der Waals surface area contributed by atoms with Crippen LogP contribution in [0.4, 0.5) is 64.9 Å². The quantitative estimate of drug-likeness (QED) is 0.00653. The van der Waals surface area contributed by atoms with E-state index in [9.17, 15) is 64.3 Å². The number of nitrogen functional groups attached to an aromatic ring is 1. The number of hydrogen-bond donors (Lipinski definition) is 7. The van der Waals surface area contributed by atoms with Crippen molar-refractivity contribution >= 4 is 248 Å². The zero-order valence-corrected chi connectivity index (χ0v) is 86.8. The molecule has 0 atom stereocenters. The molecule has 11 aromatic carbocycles. The fraction of sp³-hybridized carbons (Fsp3) is 0.255. The Labute approximate surface area is 875 Å². The normalized spacial score (nSPS) is 12.5. The molecular formula is C98H92AlBrCl13F7N8O11. The lowest BCUT2D eigenvalue weighted by molar-refractivity contribution is -0.118. The molecule has 0 aliphatic carbocycles. The molecule has 0 unspecified atom stereocenters. The van der Waals surface area contributed by atoms with Crippen LogP contribution in [0, 0.1) is 40.7 Å². The number of aryl methyl sites for hydroxylation is 5. The Morgan fingerprint density at radius 3 is 1.09 bits per heavy atom. The van der Waals surface area contributed by atoms with Gasteiger partial charge in [-0.3, -0.25) is 34.4 Å². The van der Waals surface area contributed by atoms with E-state index in [1.165, 1.54) is 68.8 Å². The van der Waals surface area contributed by atoms with Gasteiger partial charge >= 0.3 is 23.3 Å². The van der Waals surface area contributed by atoms with Crippen LogP contribution in [0.5, 0.6) is 0 Å². The highest BCUT2D eigenvalue weighted by atomic mass is 79.9. The number of methoxy groups -OCH3 is 2. The van der Waals surface area contributed by atoms with Gasteiger partial charge in [-0.2, -0.15) is 0 Å². The summed E-state index contributed by atoms with van der Waals surface area (Å²) in [5.41, 5.74) is 24.8. The summed E-state index contributed by atoms with van der Waals surface area (Å²) in [6.45, 7) is 5.38. The lowest BCUT2D eigenvalue weighted by Crippen LogP contribution is -2.29. The maximum absolute atomic E-state index is 13.8. The number of ketones is 1. The van der Waals surface area contributed by atoms with Crippen molar-refractivity contribution in [2.45, 2.75) is 108 Å². The largest absolute Gasteiger partial charge is 0.643 e. The van der Waals surface area contributed by atoms with E-state index in [2.05, 4.69) is 46.0 Å². The molecule has 8 N–H and O–H groups in total. The van der Waals surface area contributed by atoms with Crippen LogP contribution < -0.4 is 42.0 Å². The molecule has 0 saturated carbocycles. The van der Waals surface area contributed by atoms with Crippen molar-refractivity contribution in [1.82, 2.24) is 11.0 Å². The van der Waals surface area contributed by atoms with Gasteiger partial charge in [0.05, 0.1) is 60.5 Å². The number of anilines is 6. The summed E-state index contributed by atoms with van der Waals surface area (Å²) < 4.78 is 102. The summed E-state index contributed by atoms with van der Waals surface area (Å²) in [7, 11) is 17.6. The predicted molar refractivity (Wildman–Crippen MR) is 549 cm³/mol. The van der Waals surface area contributed by atoms with E-state index in [-0.39, 0.29) is 82.7 Å². The number of nitrogens with zero attached hydrogens (tertiary/aromatic N) is 3. The van der Waals surface area contributed by atoms with Crippen molar-refractivity contribution < 1.29 is 84.2 Å². The van der Waals surface area contributed by atoms with Gasteiger partial charge in [0.15, 0.2) is 0 Å². The van der Waals surface area contributed by atoms with Gasteiger partial charge in [-0.25, -0.2) is 81.4 Å². The number of amides is 3. The number of esters is 2. The van der Waals surface area contributed by atoms with E-state index < -0.39 is 58.1 Å². The molecule has 0 aromatic heterocycles. The van der Waals surface area contributed by atoms with Gasteiger partial charge in [0.1, 0.15) is 46.5 Å². The van der Waals surface area contributed by atoms with Crippen molar-refractivity contribution in [1.29, 1.82) is 0 Å². The first kappa shape index (κ1) is 117. The van der Waals surface area contributed by atoms with E-state index in [1.54, 1.807) is 102 Å². The van der Waals surface area contributed by atoms with Crippen LogP contribution in [0.2, 0.25) is 35.2 Å². The van der Waals surface area contributed by atoms with Crippen molar-refractivity contribution in [3.05, 3.63) is 348 Å². The van der Waals surface area contributed by atoms with Crippen LogP contribution in [0.25, 0.3) is 0 Å². The van der Waals surface area contributed by atoms with E-state index >= 15 is 0 Å². The zero-order chi connectivity index (χ0) is 102. The number of halogens is 21. The molecule has 139 heavy (non-hydrogen) atoms. The third kappa shape index (κ3) is 39.2. The molecule has 0 bridgehead atoms. The van der Waals surface area contributed by atoms with E-state index in [0.717, 1.165) is 156 Å². The van der Waals surface area contributed by atoms with Crippen molar-refractivity contribution in [3.8, 4) is 0 Å². The first-order valence-corrected chi connectivity index (χ1v) is 52.8. The molecule has 0 radical (unpaired) electrons. The number of Topliss-reactive ketones (excluding diaryl/α,β-unsaturated/α-hetero) is 1. The van der Waals surface area contributed by atoms with E-state index in [4.69, 9.17) is 167 Å². The maximum Gasteiger partial charge on any atom is 0.643 e. The molecule has 5 heterocycles. The van der Waals surface area contributed by atoms with Crippen molar-refractivity contribution in [2.24, 2.45) is 0 Å². The molecule has 5 aliphatic heterocycles. The van der Waals surface area contributed by atoms with E-state index in [1.807, 2.05) is 48.5 Å². The molecule has 740 valence electrons. The topological polar surface area (TPSA) is 262 Å². The molecule has 19 nitrogen and oxygen atoms in total. The molecule has 41 heteroatoms. The number of nitrogens with two attached hydrogens (primary N) is 1. The number of hydroxylamine groups is 2. The fourth-order valence-corrected chi connectivity index (χ4v) is 16.1. The summed E-state index contributed by atoms with van der Waals surface area (Å²) in [4.78, 5) is 83.3. The van der Waals surface area contributed by atoms with Crippen LogP contribution in [0.3, 0.4) is 0 Å². The van der Waals surface area contributed by atoms with Gasteiger partial charge in [-0.05, 0) is 265 Å². The Balaban J connectivity index is 0.000000217. The van der Waals surface area contributed by atoms with Crippen LogP contribution in [-0.2, 0) is 87.3 Å². The fourth-order valence-electron chi connectivity index (χ4n) is 14.0. The summed E-state index contributed by atoms with van der Waals surface area (Å²) in [6.07, 6.45) is 9.61. The first-order valence-electron chi connectivity index (χ1n) is 42.3. The monoisotopic (exact) mass is 2250 g/mol. The summed E-state index contributed by atoms with van der Waals surface area (Å²) in [5.74, 6) is -4.21. The number of nitrogens with one attached hydrogen (secondary N) is 4. The second-order valence-corrected chi connectivity index (χ2v) is 41.6.